The second-order valence-electron chi connectivity index (χ2n) is 3.00. The lowest BCUT2D eigenvalue weighted by molar-refractivity contribution is 0.476. The van der Waals surface area contributed by atoms with Crippen LogP contribution in [0.15, 0.2) is 24.4 Å². The summed E-state index contributed by atoms with van der Waals surface area (Å²) in [6.45, 7) is 0.508. The molecule has 0 amide bonds. The fourth-order valence-corrected chi connectivity index (χ4v) is 1.44. The molecule has 13 heavy (non-hydrogen) atoms. The van der Waals surface area contributed by atoms with Crippen LogP contribution < -0.4 is 5.73 Å². The van der Waals surface area contributed by atoms with Crippen molar-refractivity contribution < 1.29 is 6.48 Å². The molecular weight excluding hydrogens is 164 g/mol. The van der Waals surface area contributed by atoms with Gasteiger partial charge in [-0.25, -0.2) is 0 Å². The number of hydrogen-bond acceptors (Lipinski definition) is 2. The summed E-state index contributed by atoms with van der Waals surface area (Å²) in [6, 6.07) is 5.03. The van der Waals surface area contributed by atoms with Crippen LogP contribution in [0.1, 0.15) is 6.93 Å². The second kappa shape index (κ2) is 3.11. The Balaban J connectivity index is 2.66. The normalized spacial score (nSPS) is 11.9. The minimum Gasteiger partial charge on any atom is -0.508 e. The third kappa shape index (κ3) is 1.38. The lowest BCUT2D eigenvalue weighted by Crippen LogP contribution is -2.01. The van der Waals surface area contributed by atoms with Gasteiger partial charge in [0, 0.05) is 17.1 Å². The zero-order valence-corrected chi connectivity index (χ0v) is 7.17. The Morgan fingerprint density at radius 1 is 1.54 bits per heavy atom. The summed E-state index contributed by atoms with van der Waals surface area (Å²) in [4.78, 5) is 2.94. The van der Waals surface area contributed by atoms with E-state index < -0.39 is 0 Å². The van der Waals surface area contributed by atoms with Gasteiger partial charge >= 0.3 is 0 Å². The SMILES string of the molecule is [2H]c1[nH]c2ccc(O)cc2c1CCN. The lowest BCUT2D eigenvalue weighted by Gasteiger charge is -1.96. The first-order chi connectivity index (χ1) is 6.72. The predicted octanol–water partition coefficient (Wildman–Crippen LogP) is 1.37. The number of H-pyrrole nitrogens is 1. The molecule has 0 bridgehead atoms. The Bertz CT molecular complexity index is 464. The van der Waals surface area contributed by atoms with E-state index in [1.54, 1.807) is 18.2 Å². The minimum atomic E-state index is 0.217. The number of nitrogens with two attached hydrogens (primary N) is 1. The summed E-state index contributed by atoms with van der Waals surface area (Å²) in [6.07, 6.45) is 1.04. The van der Waals surface area contributed by atoms with Crippen molar-refractivity contribution in [3.05, 3.63) is 29.9 Å². The summed E-state index contributed by atoms with van der Waals surface area (Å²) in [7, 11) is 0. The molecule has 0 saturated carbocycles. The molecule has 0 aliphatic heterocycles. The number of hydrogen-bond donors (Lipinski definition) is 3. The molecule has 4 N–H and O–H groups in total. The second-order valence-corrected chi connectivity index (χ2v) is 3.00. The fourth-order valence-electron chi connectivity index (χ4n) is 1.44. The van der Waals surface area contributed by atoms with Crippen molar-refractivity contribution in [3.8, 4) is 5.75 Å². The van der Waals surface area contributed by atoms with E-state index in [0.29, 0.717) is 19.1 Å². The van der Waals surface area contributed by atoms with Gasteiger partial charge in [-0.05, 0) is 36.7 Å². The number of rotatable bonds is 2. The van der Waals surface area contributed by atoms with Gasteiger partial charge in [-0.1, -0.05) is 0 Å². The van der Waals surface area contributed by atoms with Crippen molar-refractivity contribution in [2.45, 2.75) is 6.42 Å². The Labute approximate surface area is 77.6 Å². The first kappa shape index (κ1) is 6.97. The molecule has 1 aromatic heterocycles. The number of phenolic OH excluding ortho intramolecular Hbond substituents is 1. The lowest BCUT2D eigenvalue weighted by atomic mass is 10.1. The zero-order valence-electron chi connectivity index (χ0n) is 8.17. The van der Waals surface area contributed by atoms with Gasteiger partial charge < -0.3 is 15.8 Å². The van der Waals surface area contributed by atoms with Crippen LogP contribution in [0.5, 0.6) is 5.75 Å². The Morgan fingerprint density at radius 3 is 3.15 bits per heavy atom. The molecule has 0 spiro atoms. The molecule has 3 heteroatoms. The van der Waals surface area contributed by atoms with E-state index in [2.05, 4.69) is 4.98 Å². The van der Waals surface area contributed by atoms with Crippen LogP contribution in [0.2, 0.25) is 0 Å². The topological polar surface area (TPSA) is 62.0 Å². The smallest absolute Gasteiger partial charge is 0.116 e. The molecule has 0 aliphatic rings. The first-order valence-corrected chi connectivity index (χ1v) is 4.22. The van der Waals surface area contributed by atoms with Crippen molar-refractivity contribution in [1.29, 1.82) is 0 Å². The highest BCUT2D eigenvalue weighted by Gasteiger charge is 2.02. The van der Waals surface area contributed by atoms with Gasteiger partial charge in [0.2, 0.25) is 0 Å². The Morgan fingerprint density at radius 2 is 2.38 bits per heavy atom. The van der Waals surface area contributed by atoms with Crippen LogP contribution in [-0.2, 0) is 6.42 Å². The van der Waals surface area contributed by atoms with Crippen molar-refractivity contribution in [2.75, 3.05) is 6.54 Å². The summed E-state index contributed by atoms with van der Waals surface area (Å²) in [5.41, 5.74) is 7.20. The average Bonchev–Trinajstić information content (AvgIpc) is 2.45. The number of nitrogens with one attached hydrogen (secondary N) is 1. The third-order valence-corrected chi connectivity index (χ3v) is 2.07. The quantitative estimate of drug-likeness (QED) is 0.648. The molecule has 2 rings (SSSR count). The van der Waals surface area contributed by atoms with Gasteiger partial charge in [-0.2, -0.15) is 0 Å². The molecule has 0 unspecified atom stereocenters. The predicted molar refractivity (Wildman–Crippen MR) is 52.7 cm³/mol. The number of benzene rings is 1. The zero-order chi connectivity index (χ0) is 10.1. The van der Waals surface area contributed by atoms with Crippen LogP contribution >= 0.6 is 0 Å². The molecule has 0 aliphatic carbocycles. The first-order valence-electron chi connectivity index (χ1n) is 4.72. The van der Waals surface area contributed by atoms with Gasteiger partial charge in [0.25, 0.3) is 0 Å². The van der Waals surface area contributed by atoms with E-state index in [0.717, 1.165) is 16.5 Å². The van der Waals surface area contributed by atoms with E-state index in [-0.39, 0.29) is 5.75 Å². The van der Waals surface area contributed by atoms with Gasteiger partial charge in [0.05, 0.1) is 1.37 Å². The fraction of sp³-hybridized carbons (Fsp3) is 0.200. The molecule has 0 fully saturated rings. The van der Waals surface area contributed by atoms with Gasteiger partial charge in [0.15, 0.2) is 0 Å². The standard InChI is InChI=1S/C10H12N2O/c11-4-3-7-6-12-10-2-1-8(13)5-9(7)10/h1-2,5-6,12-13H,3-4,11H2/i6D. The van der Waals surface area contributed by atoms with E-state index in [1.165, 1.54) is 0 Å². The van der Waals surface area contributed by atoms with Crippen molar-refractivity contribution in [1.82, 2.24) is 4.98 Å². The van der Waals surface area contributed by atoms with Gasteiger partial charge in [-0.3, -0.25) is 0 Å². The monoisotopic (exact) mass is 177 g/mol. The van der Waals surface area contributed by atoms with E-state index in [4.69, 9.17) is 7.10 Å². The highest BCUT2D eigenvalue weighted by Crippen LogP contribution is 2.22. The molecule has 68 valence electrons. The summed E-state index contributed by atoms with van der Waals surface area (Å²) in [5, 5.41) is 10.2. The average molecular weight is 177 g/mol. The summed E-state index contributed by atoms with van der Waals surface area (Å²) >= 11 is 0. The maximum atomic E-state index is 9.33. The van der Waals surface area contributed by atoms with Crippen LogP contribution in [0, 0.1) is 0 Å². The largest absolute Gasteiger partial charge is 0.508 e. The van der Waals surface area contributed by atoms with Crippen molar-refractivity contribution in [2.24, 2.45) is 5.73 Å². The van der Waals surface area contributed by atoms with Crippen LogP contribution in [0.4, 0.5) is 0 Å². The summed E-state index contributed by atoms with van der Waals surface area (Å²) < 4.78 is 7.68. The van der Waals surface area contributed by atoms with Crippen LogP contribution in [-0.4, -0.2) is 16.6 Å². The van der Waals surface area contributed by atoms with E-state index in [9.17, 15) is 5.11 Å². The molecule has 1 aromatic carbocycles. The number of aromatic amines is 1. The van der Waals surface area contributed by atoms with E-state index >= 15 is 0 Å². The Kier molecular flexibility index (Phi) is 1.67. The summed E-state index contributed by atoms with van der Waals surface area (Å²) in [5.74, 6) is 0.217. The van der Waals surface area contributed by atoms with Gasteiger partial charge in [-0.15, -0.1) is 0 Å². The molecule has 0 saturated heterocycles. The van der Waals surface area contributed by atoms with E-state index in [1.807, 2.05) is 0 Å². The maximum Gasteiger partial charge on any atom is 0.116 e. The highest BCUT2D eigenvalue weighted by molar-refractivity contribution is 5.84. The van der Waals surface area contributed by atoms with Crippen LogP contribution in [0.3, 0.4) is 0 Å². The number of phenols is 1. The van der Waals surface area contributed by atoms with Gasteiger partial charge in [0.1, 0.15) is 5.75 Å². The molecule has 2 aromatic rings. The molecular formula is C10H12N2O. The number of aromatic nitrogens is 1. The Hall–Kier alpha value is -1.48. The van der Waals surface area contributed by atoms with Crippen molar-refractivity contribution >= 4 is 10.9 Å². The molecule has 3 nitrogen and oxygen atoms in total. The highest BCUT2D eigenvalue weighted by atomic mass is 16.3. The third-order valence-electron chi connectivity index (χ3n) is 2.07. The molecule has 0 radical (unpaired) electrons. The van der Waals surface area contributed by atoms with Crippen molar-refractivity contribution in [3.63, 3.8) is 0 Å². The number of aromatic hydroxyl groups is 1. The molecule has 0 atom stereocenters. The maximum absolute atomic E-state index is 9.33. The molecule has 1 heterocycles. The minimum absolute atomic E-state index is 0.217. The number of fused-ring (bicyclic) bond motifs is 1. The van der Waals surface area contributed by atoms with Crippen LogP contribution in [0.25, 0.3) is 10.9 Å².